The molecule has 1 aliphatic heterocycles. The molecule has 25 heavy (non-hydrogen) atoms. The lowest BCUT2D eigenvalue weighted by Gasteiger charge is -2.33. The second-order valence-corrected chi connectivity index (χ2v) is 6.12. The summed E-state index contributed by atoms with van der Waals surface area (Å²) in [6, 6.07) is 16.3. The second-order valence-electron chi connectivity index (χ2n) is 6.12. The predicted molar refractivity (Wildman–Crippen MR) is 94.7 cm³/mol. The molecule has 0 unspecified atom stereocenters. The average Bonchev–Trinajstić information content (AvgIpc) is 2.67. The third-order valence-electron chi connectivity index (χ3n) is 4.50. The van der Waals surface area contributed by atoms with Crippen LogP contribution in [0.15, 0.2) is 48.5 Å². The van der Waals surface area contributed by atoms with E-state index in [1.165, 1.54) is 12.1 Å². The maximum Gasteiger partial charge on any atom is 0.270 e. The Hall–Kier alpha value is -3.07. The van der Waals surface area contributed by atoms with Crippen LogP contribution in [0.3, 0.4) is 0 Å². The summed E-state index contributed by atoms with van der Waals surface area (Å²) in [5, 5.41) is 20.2. The number of ether oxygens (including phenoxy) is 1. The highest BCUT2D eigenvalue weighted by Gasteiger charge is 2.22. The summed E-state index contributed by atoms with van der Waals surface area (Å²) in [6.07, 6.45) is 1.93. The molecule has 6 nitrogen and oxygen atoms in total. The fourth-order valence-electron chi connectivity index (χ4n) is 3.07. The molecule has 0 aliphatic carbocycles. The second kappa shape index (κ2) is 7.67. The zero-order chi connectivity index (χ0) is 17.6. The largest absolute Gasteiger partial charge is 0.493 e. The lowest BCUT2D eigenvalue weighted by Crippen LogP contribution is -2.36. The maximum atomic E-state index is 10.9. The SMILES string of the molecule is N#Cc1cc([N+](=O)[O-])ccc1N1CCC(COc2ccccc2)CC1. The number of hydrogen-bond donors (Lipinski definition) is 0. The highest BCUT2D eigenvalue weighted by molar-refractivity contribution is 5.63. The molecule has 6 heteroatoms. The van der Waals surface area contributed by atoms with Crippen LogP contribution in [-0.2, 0) is 0 Å². The molecular weight excluding hydrogens is 318 g/mol. The molecule has 2 aromatic carbocycles. The number of nitro groups is 1. The summed E-state index contributed by atoms with van der Waals surface area (Å²) in [4.78, 5) is 12.5. The molecule has 1 saturated heterocycles. The predicted octanol–water partition coefficient (Wildman–Crippen LogP) is 3.76. The number of piperidine rings is 1. The van der Waals surface area contributed by atoms with Crippen molar-refractivity contribution in [3.8, 4) is 11.8 Å². The van der Waals surface area contributed by atoms with Crippen molar-refractivity contribution >= 4 is 11.4 Å². The van der Waals surface area contributed by atoms with Gasteiger partial charge in [0.25, 0.3) is 5.69 Å². The summed E-state index contributed by atoms with van der Waals surface area (Å²) >= 11 is 0. The third-order valence-corrected chi connectivity index (χ3v) is 4.50. The third kappa shape index (κ3) is 4.07. The fourth-order valence-corrected chi connectivity index (χ4v) is 3.07. The number of non-ortho nitro benzene ring substituents is 1. The van der Waals surface area contributed by atoms with Gasteiger partial charge in [-0.2, -0.15) is 5.26 Å². The molecule has 1 fully saturated rings. The van der Waals surface area contributed by atoms with E-state index in [-0.39, 0.29) is 5.69 Å². The van der Waals surface area contributed by atoms with E-state index >= 15 is 0 Å². The molecular formula is C19H19N3O3. The fraction of sp³-hybridized carbons (Fsp3) is 0.316. The average molecular weight is 337 g/mol. The van der Waals surface area contributed by atoms with Gasteiger partial charge in [0.1, 0.15) is 11.8 Å². The van der Waals surface area contributed by atoms with E-state index in [1.54, 1.807) is 6.07 Å². The van der Waals surface area contributed by atoms with Crippen molar-refractivity contribution in [2.75, 3.05) is 24.6 Å². The Labute approximate surface area is 146 Å². The molecule has 0 radical (unpaired) electrons. The molecule has 0 atom stereocenters. The van der Waals surface area contributed by atoms with E-state index in [0.717, 1.165) is 37.4 Å². The van der Waals surface area contributed by atoms with Gasteiger partial charge in [0, 0.05) is 25.2 Å². The van der Waals surface area contributed by atoms with Crippen molar-refractivity contribution in [1.29, 1.82) is 5.26 Å². The molecule has 0 spiro atoms. The van der Waals surface area contributed by atoms with Crippen LogP contribution in [0, 0.1) is 27.4 Å². The first kappa shape index (κ1) is 16.8. The minimum atomic E-state index is -0.474. The van der Waals surface area contributed by atoms with E-state index in [1.807, 2.05) is 30.3 Å². The molecule has 0 saturated carbocycles. The highest BCUT2D eigenvalue weighted by atomic mass is 16.6. The summed E-state index contributed by atoms with van der Waals surface area (Å²) in [5.74, 6) is 1.35. The molecule has 0 N–H and O–H groups in total. The first-order chi connectivity index (χ1) is 12.2. The zero-order valence-electron chi connectivity index (χ0n) is 13.8. The van der Waals surface area contributed by atoms with Crippen molar-refractivity contribution in [2.45, 2.75) is 12.8 Å². The van der Waals surface area contributed by atoms with Gasteiger partial charge >= 0.3 is 0 Å². The molecule has 0 aromatic heterocycles. The Kier molecular flexibility index (Phi) is 5.14. The van der Waals surface area contributed by atoms with E-state index in [2.05, 4.69) is 11.0 Å². The molecule has 1 aliphatic rings. The summed E-state index contributed by atoms with van der Waals surface area (Å²) < 4.78 is 5.83. The van der Waals surface area contributed by atoms with Gasteiger partial charge in [0.05, 0.1) is 22.8 Å². The van der Waals surface area contributed by atoms with Crippen molar-refractivity contribution in [1.82, 2.24) is 0 Å². The summed E-state index contributed by atoms with van der Waals surface area (Å²) in [6.45, 7) is 2.31. The van der Waals surface area contributed by atoms with Gasteiger partial charge in [-0.15, -0.1) is 0 Å². The number of nitrogens with zero attached hydrogens (tertiary/aromatic N) is 3. The normalized spacial score (nSPS) is 14.8. The van der Waals surface area contributed by atoms with E-state index in [9.17, 15) is 15.4 Å². The number of benzene rings is 2. The Morgan fingerprint density at radius 3 is 2.56 bits per heavy atom. The van der Waals surface area contributed by atoms with Gasteiger partial charge in [-0.25, -0.2) is 0 Å². The Morgan fingerprint density at radius 1 is 1.20 bits per heavy atom. The van der Waals surface area contributed by atoms with Gasteiger partial charge in [-0.3, -0.25) is 10.1 Å². The number of para-hydroxylation sites is 1. The van der Waals surface area contributed by atoms with E-state index in [0.29, 0.717) is 18.1 Å². The highest BCUT2D eigenvalue weighted by Crippen LogP contribution is 2.29. The zero-order valence-corrected chi connectivity index (χ0v) is 13.8. The van der Waals surface area contributed by atoms with E-state index < -0.39 is 4.92 Å². The number of nitro benzene ring substituents is 1. The van der Waals surface area contributed by atoms with Crippen LogP contribution in [0.5, 0.6) is 5.75 Å². The minimum absolute atomic E-state index is 0.0496. The number of rotatable bonds is 5. The topological polar surface area (TPSA) is 79.4 Å². The Morgan fingerprint density at radius 2 is 1.92 bits per heavy atom. The van der Waals surface area contributed by atoms with Gasteiger partial charge in [0.2, 0.25) is 0 Å². The van der Waals surface area contributed by atoms with Gasteiger partial charge in [-0.1, -0.05) is 18.2 Å². The standard InChI is InChI=1S/C19H19N3O3/c20-13-16-12-17(22(23)24)6-7-19(16)21-10-8-15(9-11-21)14-25-18-4-2-1-3-5-18/h1-7,12,15H,8-11,14H2. The molecule has 0 bridgehead atoms. The summed E-state index contributed by atoms with van der Waals surface area (Å²) in [7, 11) is 0. The number of hydrogen-bond acceptors (Lipinski definition) is 5. The lowest BCUT2D eigenvalue weighted by atomic mass is 9.96. The number of anilines is 1. The Bertz CT molecular complexity index is 778. The van der Waals surface area contributed by atoms with Crippen LogP contribution in [0.2, 0.25) is 0 Å². The number of nitriles is 1. The maximum absolute atomic E-state index is 10.9. The van der Waals surface area contributed by atoms with Crippen molar-refractivity contribution in [3.63, 3.8) is 0 Å². The van der Waals surface area contributed by atoms with Crippen molar-refractivity contribution in [2.24, 2.45) is 5.92 Å². The first-order valence-electron chi connectivity index (χ1n) is 8.28. The van der Waals surface area contributed by atoms with E-state index in [4.69, 9.17) is 4.74 Å². The van der Waals surface area contributed by atoms with Gasteiger partial charge in [0.15, 0.2) is 0 Å². The summed E-state index contributed by atoms with van der Waals surface area (Å²) in [5.41, 5.74) is 1.08. The minimum Gasteiger partial charge on any atom is -0.493 e. The molecule has 3 rings (SSSR count). The molecule has 2 aromatic rings. The quantitative estimate of drug-likeness (QED) is 0.613. The molecule has 0 amide bonds. The van der Waals surface area contributed by atoms with Crippen LogP contribution >= 0.6 is 0 Å². The van der Waals surface area contributed by atoms with Crippen LogP contribution in [-0.4, -0.2) is 24.6 Å². The smallest absolute Gasteiger partial charge is 0.270 e. The van der Waals surface area contributed by atoms with Crippen molar-refractivity contribution in [3.05, 3.63) is 64.2 Å². The van der Waals surface area contributed by atoms with Crippen LogP contribution < -0.4 is 9.64 Å². The van der Waals surface area contributed by atoms with Crippen LogP contribution in [0.25, 0.3) is 0 Å². The van der Waals surface area contributed by atoms with Crippen molar-refractivity contribution < 1.29 is 9.66 Å². The van der Waals surface area contributed by atoms with Gasteiger partial charge in [-0.05, 0) is 37.0 Å². The first-order valence-corrected chi connectivity index (χ1v) is 8.28. The monoisotopic (exact) mass is 337 g/mol. The van der Waals surface area contributed by atoms with Gasteiger partial charge < -0.3 is 9.64 Å². The Balaban J connectivity index is 1.59. The lowest BCUT2D eigenvalue weighted by molar-refractivity contribution is -0.384. The van der Waals surface area contributed by atoms with Crippen LogP contribution in [0.4, 0.5) is 11.4 Å². The molecule has 1 heterocycles. The van der Waals surface area contributed by atoms with Crippen LogP contribution in [0.1, 0.15) is 18.4 Å². The molecule has 128 valence electrons.